The van der Waals surface area contributed by atoms with E-state index in [9.17, 15) is 0 Å². The van der Waals surface area contributed by atoms with E-state index in [4.69, 9.17) is 10.5 Å². The third-order valence-electron chi connectivity index (χ3n) is 4.32. The molecular formula is C15H23NO. The van der Waals surface area contributed by atoms with Crippen molar-refractivity contribution in [1.82, 2.24) is 0 Å². The Kier molecular flexibility index (Phi) is 3.43. The summed E-state index contributed by atoms with van der Waals surface area (Å²) in [5.41, 5.74) is 7.56. The Hall–Kier alpha value is -1.02. The number of benzene rings is 1. The maximum atomic E-state index is 6.01. The van der Waals surface area contributed by atoms with Crippen molar-refractivity contribution in [2.75, 3.05) is 13.7 Å². The molecule has 0 aromatic heterocycles. The first-order valence-corrected chi connectivity index (χ1v) is 6.46. The Morgan fingerprint density at radius 1 is 1.41 bits per heavy atom. The van der Waals surface area contributed by atoms with Gasteiger partial charge in [0, 0.05) is 12.0 Å². The molecule has 0 amide bonds. The van der Waals surface area contributed by atoms with E-state index in [-0.39, 0.29) is 5.41 Å². The van der Waals surface area contributed by atoms with Gasteiger partial charge < -0.3 is 10.5 Å². The van der Waals surface area contributed by atoms with Crippen LogP contribution in [0.25, 0.3) is 0 Å². The van der Waals surface area contributed by atoms with Crippen molar-refractivity contribution in [2.45, 2.75) is 32.1 Å². The highest BCUT2D eigenvalue weighted by Crippen LogP contribution is 2.50. The second-order valence-corrected chi connectivity index (χ2v) is 5.63. The summed E-state index contributed by atoms with van der Waals surface area (Å²) in [6.07, 6.45) is 2.43. The summed E-state index contributed by atoms with van der Waals surface area (Å²) in [4.78, 5) is 0. The van der Waals surface area contributed by atoms with Crippen LogP contribution >= 0.6 is 0 Å². The third kappa shape index (κ3) is 2.19. The lowest BCUT2D eigenvalue weighted by Gasteiger charge is -2.49. The number of rotatable bonds is 4. The van der Waals surface area contributed by atoms with Gasteiger partial charge >= 0.3 is 0 Å². The van der Waals surface area contributed by atoms with E-state index in [0.717, 1.165) is 24.1 Å². The molecule has 2 N–H and O–H groups in total. The molecular weight excluding hydrogens is 210 g/mol. The lowest BCUT2D eigenvalue weighted by molar-refractivity contribution is 0.106. The normalized spacial score (nSPS) is 27.9. The number of hydrogen-bond acceptors (Lipinski definition) is 2. The summed E-state index contributed by atoms with van der Waals surface area (Å²) in [5, 5.41) is 0. The zero-order chi connectivity index (χ0) is 12.5. The highest BCUT2D eigenvalue weighted by Gasteiger charge is 2.45. The van der Waals surface area contributed by atoms with Crippen LogP contribution in [0, 0.1) is 11.8 Å². The second kappa shape index (κ2) is 4.69. The fourth-order valence-electron chi connectivity index (χ4n) is 2.89. The molecule has 1 aromatic carbocycles. The van der Waals surface area contributed by atoms with Crippen molar-refractivity contribution >= 4 is 0 Å². The zero-order valence-electron chi connectivity index (χ0n) is 11.1. The molecule has 1 aromatic rings. The summed E-state index contributed by atoms with van der Waals surface area (Å²) in [6.45, 7) is 5.34. The van der Waals surface area contributed by atoms with Crippen molar-refractivity contribution in [3.05, 3.63) is 29.8 Å². The summed E-state index contributed by atoms with van der Waals surface area (Å²) in [6, 6.07) is 8.38. The SMILES string of the molecule is COc1cccc(C2(CN)CC(C(C)C)C2)c1. The molecule has 2 heteroatoms. The second-order valence-electron chi connectivity index (χ2n) is 5.63. The van der Waals surface area contributed by atoms with Gasteiger partial charge in [0.15, 0.2) is 0 Å². The Balaban J connectivity index is 2.19. The quantitative estimate of drug-likeness (QED) is 0.867. The number of hydrogen-bond donors (Lipinski definition) is 1. The molecule has 0 radical (unpaired) electrons. The monoisotopic (exact) mass is 233 g/mol. The Morgan fingerprint density at radius 3 is 2.65 bits per heavy atom. The zero-order valence-corrected chi connectivity index (χ0v) is 11.1. The molecule has 2 nitrogen and oxygen atoms in total. The molecule has 1 fully saturated rings. The van der Waals surface area contributed by atoms with E-state index in [1.54, 1.807) is 7.11 Å². The molecule has 2 rings (SSSR count). The summed E-state index contributed by atoms with van der Waals surface area (Å²) in [7, 11) is 1.71. The molecule has 17 heavy (non-hydrogen) atoms. The minimum Gasteiger partial charge on any atom is -0.497 e. The molecule has 0 saturated heterocycles. The Labute approximate surface area is 104 Å². The van der Waals surface area contributed by atoms with Crippen LogP contribution in [0.1, 0.15) is 32.3 Å². The lowest BCUT2D eigenvalue weighted by Crippen LogP contribution is -2.48. The Bertz CT molecular complexity index is 380. The van der Waals surface area contributed by atoms with Crippen molar-refractivity contribution in [1.29, 1.82) is 0 Å². The van der Waals surface area contributed by atoms with Crippen LogP contribution < -0.4 is 10.5 Å². The van der Waals surface area contributed by atoms with Crippen LogP contribution in [-0.4, -0.2) is 13.7 Å². The van der Waals surface area contributed by atoms with Gasteiger partial charge in [-0.25, -0.2) is 0 Å². The van der Waals surface area contributed by atoms with Crippen molar-refractivity contribution in [3.8, 4) is 5.75 Å². The predicted molar refractivity (Wildman–Crippen MR) is 71.3 cm³/mol. The molecule has 94 valence electrons. The summed E-state index contributed by atoms with van der Waals surface area (Å²) in [5.74, 6) is 2.52. The Morgan fingerprint density at radius 2 is 2.12 bits per heavy atom. The van der Waals surface area contributed by atoms with Crippen molar-refractivity contribution < 1.29 is 4.74 Å². The first kappa shape index (κ1) is 12.4. The smallest absolute Gasteiger partial charge is 0.119 e. The van der Waals surface area contributed by atoms with Crippen LogP contribution in [0.4, 0.5) is 0 Å². The molecule has 0 aliphatic heterocycles. The van der Waals surface area contributed by atoms with Crippen LogP contribution in [0.3, 0.4) is 0 Å². The van der Waals surface area contributed by atoms with Crippen LogP contribution in [0.15, 0.2) is 24.3 Å². The minimum absolute atomic E-state index is 0.198. The van der Waals surface area contributed by atoms with Crippen LogP contribution in [-0.2, 0) is 5.41 Å². The van der Waals surface area contributed by atoms with Gasteiger partial charge in [0.1, 0.15) is 5.75 Å². The van der Waals surface area contributed by atoms with Gasteiger partial charge in [-0.1, -0.05) is 26.0 Å². The largest absolute Gasteiger partial charge is 0.497 e. The van der Waals surface area contributed by atoms with Crippen LogP contribution in [0.5, 0.6) is 5.75 Å². The molecule has 1 aliphatic carbocycles. The van der Waals surface area contributed by atoms with E-state index in [2.05, 4.69) is 32.0 Å². The minimum atomic E-state index is 0.198. The number of ether oxygens (including phenoxy) is 1. The van der Waals surface area contributed by atoms with Crippen molar-refractivity contribution in [3.63, 3.8) is 0 Å². The van der Waals surface area contributed by atoms with E-state index in [0.29, 0.717) is 0 Å². The average molecular weight is 233 g/mol. The molecule has 1 aliphatic rings. The first-order valence-electron chi connectivity index (χ1n) is 6.46. The third-order valence-corrected chi connectivity index (χ3v) is 4.32. The molecule has 0 unspecified atom stereocenters. The topological polar surface area (TPSA) is 35.2 Å². The number of nitrogens with two attached hydrogens (primary N) is 1. The summed E-state index contributed by atoms with van der Waals surface area (Å²) < 4.78 is 5.30. The van der Waals surface area contributed by atoms with E-state index < -0.39 is 0 Å². The molecule has 1 saturated carbocycles. The number of methoxy groups -OCH3 is 1. The van der Waals surface area contributed by atoms with Gasteiger partial charge in [-0.05, 0) is 42.4 Å². The van der Waals surface area contributed by atoms with Gasteiger partial charge in [0.05, 0.1) is 7.11 Å². The fraction of sp³-hybridized carbons (Fsp3) is 0.600. The van der Waals surface area contributed by atoms with E-state index in [1.807, 2.05) is 6.07 Å². The van der Waals surface area contributed by atoms with Gasteiger partial charge in [0.25, 0.3) is 0 Å². The maximum Gasteiger partial charge on any atom is 0.119 e. The fourth-order valence-corrected chi connectivity index (χ4v) is 2.89. The predicted octanol–water partition coefficient (Wildman–Crippen LogP) is 2.96. The van der Waals surface area contributed by atoms with Gasteiger partial charge in [-0.2, -0.15) is 0 Å². The van der Waals surface area contributed by atoms with Gasteiger partial charge in [-0.15, -0.1) is 0 Å². The van der Waals surface area contributed by atoms with Crippen molar-refractivity contribution in [2.24, 2.45) is 17.6 Å². The standard InChI is InChI=1S/C15H23NO/c1-11(2)12-8-15(9-12,10-16)13-5-4-6-14(7-13)17-3/h4-7,11-12H,8-10,16H2,1-3H3. The van der Waals surface area contributed by atoms with E-state index in [1.165, 1.54) is 18.4 Å². The van der Waals surface area contributed by atoms with Crippen LogP contribution in [0.2, 0.25) is 0 Å². The first-order chi connectivity index (χ1) is 8.11. The summed E-state index contributed by atoms with van der Waals surface area (Å²) >= 11 is 0. The van der Waals surface area contributed by atoms with Gasteiger partial charge in [-0.3, -0.25) is 0 Å². The highest BCUT2D eigenvalue weighted by atomic mass is 16.5. The lowest BCUT2D eigenvalue weighted by atomic mass is 9.56. The molecule has 0 atom stereocenters. The molecule has 0 spiro atoms. The average Bonchev–Trinajstić information content (AvgIpc) is 2.28. The van der Waals surface area contributed by atoms with Gasteiger partial charge in [0.2, 0.25) is 0 Å². The molecule has 0 bridgehead atoms. The van der Waals surface area contributed by atoms with E-state index >= 15 is 0 Å². The molecule has 0 heterocycles. The maximum absolute atomic E-state index is 6.01. The highest BCUT2D eigenvalue weighted by molar-refractivity contribution is 5.36.